The van der Waals surface area contributed by atoms with Crippen molar-refractivity contribution in [1.82, 2.24) is 4.31 Å². The van der Waals surface area contributed by atoms with Gasteiger partial charge in [0.2, 0.25) is 15.9 Å². The minimum atomic E-state index is -3.53. The molecule has 0 atom stereocenters. The summed E-state index contributed by atoms with van der Waals surface area (Å²) in [6.45, 7) is 1.53. The van der Waals surface area contributed by atoms with Crippen molar-refractivity contribution in [3.05, 3.63) is 60.2 Å². The van der Waals surface area contributed by atoms with Crippen molar-refractivity contribution in [3.8, 4) is 5.75 Å². The van der Waals surface area contributed by atoms with E-state index < -0.39 is 10.0 Å². The zero-order valence-electron chi connectivity index (χ0n) is 17.9. The molecule has 8 heteroatoms. The normalized spacial score (nSPS) is 18.1. The lowest BCUT2D eigenvalue weighted by Crippen LogP contribution is -2.40. The smallest absolute Gasteiger partial charge is 0.248 e. The number of nitrogens with one attached hydrogen (secondary N) is 1. The second-order valence-corrected chi connectivity index (χ2v) is 9.90. The molecular weight excluding hydrogens is 428 g/mol. The van der Waals surface area contributed by atoms with Crippen LogP contribution in [0.25, 0.3) is 6.08 Å². The highest BCUT2D eigenvalue weighted by Gasteiger charge is 2.26. The van der Waals surface area contributed by atoms with Crippen LogP contribution in [-0.4, -0.2) is 51.0 Å². The van der Waals surface area contributed by atoms with Crippen molar-refractivity contribution in [2.75, 3.05) is 31.6 Å². The van der Waals surface area contributed by atoms with E-state index in [0.29, 0.717) is 32.0 Å². The highest BCUT2D eigenvalue weighted by molar-refractivity contribution is 7.89. The first-order valence-electron chi connectivity index (χ1n) is 10.9. The zero-order valence-corrected chi connectivity index (χ0v) is 18.7. The molecule has 32 heavy (non-hydrogen) atoms. The van der Waals surface area contributed by atoms with E-state index in [-0.39, 0.29) is 16.9 Å². The van der Waals surface area contributed by atoms with Gasteiger partial charge in [-0.15, -0.1) is 0 Å². The Kier molecular flexibility index (Phi) is 7.24. The van der Waals surface area contributed by atoms with Gasteiger partial charge in [0.1, 0.15) is 5.75 Å². The Hall–Kier alpha value is -2.68. The number of rotatable bonds is 7. The molecule has 1 aliphatic carbocycles. The summed E-state index contributed by atoms with van der Waals surface area (Å²) < 4.78 is 38.0. The van der Waals surface area contributed by atoms with Crippen LogP contribution in [0, 0.1) is 0 Å². The number of benzene rings is 2. The Labute approximate surface area is 189 Å². The molecule has 0 aromatic heterocycles. The molecule has 0 unspecified atom stereocenters. The predicted octanol–water partition coefficient (Wildman–Crippen LogP) is 3.68. The molecule has 2 aromatic carbocycles. The van der Waals surface area contributed by atoms with Crippen LogP contribution >= 0.6 is 0 Å². The monoisotopic (exact) mass is 456 g/mol. The molecule has 1 amide bonds. The quantitative estimate of drug-likeness (QED) is 0.643. The molecule has 2 aliphatic rings. The third-order valence-corrected chi connectivity index (χ3v) is 7.53. The van der Waals surface area contributed by atoms with E-state index in [4.69, 9.17) is 9.47 Å². The van der Waals surface area contributed by atoms with E-state index in [9.17, 15) is 13.2 Å². The standard InChI is InChI=1S/C24H28N2O5S/c27-24(25-20-4-3-7-22(18-20)31-21-5-1-2-6-21)13-10-19-8-11-23(12-9-19)32(28,29)26-14-16-30-17-15-26/h3-4,7-13,18,21H,1-2,5-6,14-17H2,(H,25,27). The van der Waals surface area contributed by atoms with Crippen LogP contribution in [0.4, 0.5) is 5.69 Å². The first-order valence-corrected chi connectivity index (χ1v) is 12.4. The van der Waals surface area contributed by atoms with Gasteiger partial charge in [-0.25, -0.2) is 8.42 Å². The molecule has 1 saturated heterocycles. The van der Waals surface area contributed by atoms with Crippen LogP contribution in [-0.2, 0) is 19.6 Å². The summed E-state index contributed by atoms with van der Waals surface area (Å²) in [6.07, 6.45) is 7.89. The summed E-state index contributed by atoms with van der Waals surface area (Å²) in [5, 5.41) is 2.84. The largest absolute Gasteiger partial charge is 0.490 e. The molecule has 7 nitrogen and oxygen atoms in total. The van der Waals surface area contributed by atoms with Crippen molar-refractivity contribution >= 4 is 27.7 Å². The van der Waals surface area contributed by atoms with E-state index in [1.807, 2.05) is 24.3 Å². The first-order chi connectivity index (χ1) is 15.5. The van der Waals surface area contributed by atoms with Gasteiger partial charge in [0.25, 0.3) is 0 Å². The Morgan fingerprint density at radius 3 is 2.50 bits per heavy atom. The zero-order chi connectivity index (χ0) is 22.4. The first kappa shape index (κ1) is 22.5. The Balaban J connectivity index is 1.34. The van der Waals surface area contributed by atoms with Crippen molar-refractivity contribution in [2.45, 2.75) is 36.7 Å². The molecule has 1 saturated carbocycles. The summed E-state index contributed by atoms with van der Waals surface area (Å²) in [4.78, 5) is 12.6. The van der Waals surface area contributed by atoms with E-state index >= 15 is 0 Å². The van der Waals surface area contributed by atoms with Gasteiger partial charge in [0, 0.05) is 30.9 Å². The fourth-order valence-electron chi connectivity index (χ4n) is 3.89. The second-order valence-electron chi connectivity index (χ2n) is 7.96. The lowest BCUT2D eigenvalue weighted by molar-refractivity contribution is -0.111. The summed E-state index contributed by atoms with van der Waals surface area (Å²) >= 11 is 0. The van der Waals surface area contributed by atoms with Gasteiger partial charge >= 0.3 is 0 Å². The molecular formula is C24H28N2O5S. The van der Waals surface area contributed by atoms with Gasteiger partial charge in [-0.3, -0.25) is 4.79 Å². The molecule has 1 N–H and O–H groups in total. The van der Waals surface area contributed by atoms with E-state index in [0.717, 1.165) is 24.2 Å². The maximum atomic E-state index is 12.7. The van der Waals surface area contributed by atoms with Crippen molar-refractivity contribution in [1.29, 1.82) is 0 Å². The number of hydrogen-bond acceptors (Lipinski definition) is 5. The molecule has 1 heterocycles. The molecule has 1 aliphatic heterocycles. The Morgan fingerprint density at radius 2 is 1.78 bits per heavy atom. The van der Waals surface area contributed by atoms with Crippen LogP contribution in [0.3, 0.4) is 0 Å². The predicted molar refractivity (Wildman–Crippen MR) is 123 cm³/mol. The van der Waals surface area contributed by atoms with Gasteiger partial charge in [0.05, 0.1) is 24.2 Å². The van der Waals surface area contributed by atoms with E-state index in [1.54, 1.807) is 30.3 Å². The number of nitrogens with zero attached hydrogens (tertiary/aromatic N) is 1. The molecule has 0 radical (unpaired) electrons. The van der Waals surface area contributed by atoms with Gasteiger partial charge in [-0.2, -0.15) is 4.31 Å². The second kappa shape index (κ2) is 10.3. The van der Waals surface area contributed by atoms with Gasteiger partial charge in [-0.05, 0) is 61.6 Å². The maximum Gasteiger partial charge on any atom is 0.248 e. The fraction of sp³-hybridized carbons (Fsp3) is 0.375. The number of carbonyl (C=O) groups excluding carboxylic acids is 1. The molecule has 0 spiro atoms. The third-order valence-electron chi connectivity index (χ3n) is 5.62. The lowest BCUT2D eigenvalue weighted by Gasteiger charge is -2.26. The van der Waals surface area contributed by atoms with Crippen LogP contribution in [0.15, 0.2) is 59.5 Å². The van der Waals surface area contributed by atoms with Crippen molar-refractivity contribution in [2.24, 2.45) is 0 Å². The molecule has 2 aromatic rings. The Morgan fingerprint density at radius 1 is 1.06 bits per heavy atom. The number of amides is 1. The summed E-state index contributed by atoms with van der Waals surface area (Å²) in [7, 11) is -3.53. The van der Waals surface area contributed by atoms with Crippen molar-refractivity contribution < 1.29 is 22.7 Å². The van der Waals surface area contributed by atoms with Gasteiger partial charge in [-0.1, -0.05) is 18.2 Å². The summed E-state index contributed by atoms with van der Waals surface area (Å²) in [5.41, 5.74) is 1.40. The number of morpholine rings is 1. The topological polar surface area (TPSA) is 84.9 Å². The number of sulfonamides is 1. The highest BCUT2D eigenvalue weighted by atomic mass is 32.2. The SMILES string of the molecule is O=C(C=Cc1ccc(S(=O)(=O)N2CCOCC2)cc1)Nc1cccc(OC2CCCC2)c1. The van der Waals surface area contributed by atoms with Crippen LogP contribution in [0.5, 0.6) is 5.75 Å². The minimum Gasteiger partial charge on any atom is -0.490 e. The molecule has 0 bridgehead atoms. The Bertz CT molecular complexity index is 1050. The summed E-state index contributed by atoms with van der Waals surface area (Å²) in [6, 6.07) is 13.9. The molecule has 170 valence electrons. The number of hydrogen-bond donors (Lipinski definition) is 1. The van der Waals surface area contributed by atoms with Gasteiger partial charge in [0.15, 0.2) is 0 Å². The number of ether oxygens (including phenoxy) is 2. The van der Waals surface area contributed by atoms with E-state index in [1.165, 1.54) is 23.2 Å². The van der Waals surface area contributed by atoms with Crippen molar-refractivity contribution in [3.63, 3.8) is 0 Å². The molecule has 2 fully saturated rings. The number of carbonyl (C=O) groups is 1. The molecule has 4 rings (SSSR count). The van der Waals surface area contributed by atoms with E-state index in [2.05, 4.69) is 5.32 Å². The average Bonchev–Trinajstić information content (AvgIpc) is 3.32. The van der Waals surface area contributed by atoms with Crippen LogP contribution in [0.1, 0.15) is 31.2 Å². The lowest BCUT2D eigenvalue weighted by atomic mass is 10.2. The third kappa shape index (κ3) is 5.76. The van der Waals surface area contributed by atoms with Gasteiger partial charge < -0.3 is 14.8 Å². The fourth-order valence-corrected chi connectivity index (χ4v) is 5.30. The van der Waals surface area contributed by atoms with Crippen LogP contribution in [0.2, 0.25) is 0 Å². The average molecular weight is 457 g/mol. The minimum absolute atomic E-state index is 0.236. The maximum absolute atomic E-state index is 12.7. The number of anilines is 1. The van der Waals surface area contributed by atoms with Crippen LogP contribution < -0.4 is 10.1 Å². The highest BCUT2D eigenvalue weighted by Crippen LogP contribution is 2.26. The summed E-state index contributed by atoms with van der Waals surface area (Å²) in [5.74, 6) is 0.490.